The highest BCUT2D eigenvalue weighted by atomic mass is 35.5. The molecule has 1 aromatic carbocycles. The van der Waals surface area contributed by atoms with Gasteiger partial charge in [0.1, 0.15) is 0 Å². The average molecular weight is 314 g/mol. The third-order valence-electron chi connectivity index (χ3n) is 2.55. The van der Waals surface area contributed by atoms with Crippen LogP contribution in [0.2, 0.25) is 5.02 Å². The highest BCUT2D eigenvalue weighted by molar-refractivity contribution is 7.10. The van der Waals surface area contributed by atoms with Crippen molar-refractivity contribution in [3.8, 4) is 0 Å². The minimum atomic E-state index is -1.22. The summed E-state index contributed by atoms with van der Waals surface area (Å²) in [4.78, 5) is 23.6. The summed E-state index contributed by atoms with van der Waals surface area (Å²) >= 11 is 6.78. The van der Waals surface area contributed by atoms with E-state index in [0.29, 0.717) is 4.88 Å². The molecular weight excluding hydrogens is 305 g/mol. The van der Waals surface area contributed by atoms with Gasteiger partial charge in [0, 0.05) is 4.88 Å². The molecule has 1 amide bonds. The molecule has 0 aliphatic heterocycles. The topological polar surface area (TPSA) is 66.4 Å². The van der Waals surface area contributed by atoms with Crippen LogP contribution in [0.15, 0.2) is 35.7 Å². The maximum Gasteiger partial charge on any atom is 0.331 e. The summed E-state index contributed by atoms with van der Waals surface area (Å²) < 4.78 is 13.7. The van der Waals surface area contributed by atoms with Crippen molar-refractivity contribution in [2.75, 3.05) is 0 Å². The van der Waals surface area contributed by atoms with E-state index in [1.54, 1.807) is 17.5 Å². The third kappa shape index (κ3) is 2.97. The van der Waals surface area contributed by atoms with Gasteiger partial charge in [-0.05, 0) is 23.6 Å². The molecule has 104 valence electrons. The number of halogens is 2. The molecule has 0 radical (unpaired) electrons. The van der Waals surface area contributed by atoms with Crippen LogP contribution in [0.3, 0.4) is 0 Å². The molecule has 2 N–H and O–H groups in total. The summed E-state index contributed by atoms with van der Waals surface area (Å²) in [5.41, 5.74) is -0.291. The van der Waals surface area contributed by atoms with Gasteiger partial charge < -0.3 is 10.4 Å². The number of carboxylic acid groups (broad SMARTS) is 1. The zero-order chi connectivity index (χ0) is 14.7. The first-order valence-electron chi connectivity index (χ1n) is 5.52. The Hall–Kier alpha value is -1.92. The SMILES string of the molecule is O=C(NC(C(=O)O)c1cccs1)c1cccc(Cl)c1F. The summed E-state index contributed by atoms with van der Waals surface area (Å²) in [5, 5.41) is 12.9. The Kier molecular flexibility index (Phi) is 4.36. The first-order chi connectivity index (χ1) is 9.50. The molecule has 0 aliphatic rings. The number of rotatable bonds is 4. The molecule has 1 heterocycles. The van der Waals surface area contributed by atoms with E-state index in [4.69, 9.17) is 16.7 Å². The van der Waals surface area contributed by atoms with Crippen molar-refractivity contribution in [1.29, 1.82) is 0 Å². The van der Waals surface area contributed by atoms with Gasteiger partial charge in [0.25, 0.3) is 5.91 Å². The highest BCUT2D eigenvalue weighted by Crippen LogP contribution is 2.22. The van der Waals surface area contributed by atoms with E-state index in [0.717, 1.165) is 0 Å². The van der Waals surface area contributed by atoms with Gasteiger partial charge in [0.05, 0.1) is 10.6 Å². The summed E-state index contributed by atoms with van der Waals surface area (Å²) in [5.74, 6) is -2.92. The van der Waals surface area contributed by atoms with Crippen LogP contribution < -0.4 is 5.32 Å². The highest BCUT2D eigenvalue weighted by Gasteiger charge is 2.25. The number of aliphatic carboxylic acids is 1. The number of thiophene rings is 1. The molecule has 7 heteroatoms. The number of nitrogens with one attached hydrogen (secondary N) is 1. The van der Waals surface area contributed by atoms with Gasteiger partial charge in [0.15, 0.2) is 11.9 Å². The number of carbonyl (C=O) groups excluding carboxylic acids is 1. The summed E-state index contributed by atoms with van der Waals surface area (Å²) in [6.45, 7) is 0. The number of amides is 1. The Bertz CT molecular complexity index is 645. The van der Waals surface area contributed by atoms with Crippen molar-refractivity contribution < 1.29 is 19.1 Å². The lowest BCUT2D eigenvalue weighted by molar-refractivity contribution is -0.139. The van der Waals surface area contributed by atoms with Gasteiger partial charge in [0.2, 0.25) is 0 Å². The van der Waals surface area contributed by atoms with Crippen LogP contribution in [-0.4, -0.2) is 17.0 Å². The van der Waals surface area contributed by atoms with Crippen molar-refractivity contribution in [1.82, 2.24) is 5.32 Å². The Labute approximate surface area is 122 Å². The predicted octanol–water partition coefficient (Wildman–Crippen LogP) is 3.10. The van der Waals surface area contributed by atoms with E-state index in [1.807, 2.05) is 0 Å². The predicted molar refractivity (Wildman–Crippen MR) is 73.6 cm³/mol. The molecule has 1 atom stereocenters. The van der Waals surface area contributed by atoms with Gasteiger partial charge in [-0.2, -0.15) is 0 Å². The second kappa shape index (κ2) is 6.02. The number of hydrogen-bond donors (Lipinski definition) is 2. The van der Waals surface area contributed by atoms with E-state index in [1.165, 1.54) is 29.5 Å². The molecule has 1 unspecified atom stereocenters. The fourth-order valence-corrected chi connectivity index (χ4v) is 2.54. The number of benzene rings is 1. The smallest absolute Gasteiger partial charge is 0.331 e. The minimum Gasteiger partial charge on any atom is -0.479 e. The Morgan fingerprint density at radius 2 is 2.05 bits per heavy atom. The van der Waals surface area contributed by atoms with Gasteiger partial charge in [-0.1, -0.05) is 23.7 Å². The Morgan fingerprint density at radius 3 is 2.65 bits per heavy atom. The van der Waals surface area contributed by atoms with E-state index in [9.17, 15) is 14.0 Å². The van der Waals surface area contributed by atoms with E-state index >= 15 is 0 Å². The van der Waals surface area contributed by atoms with Crippen LogP contribution in [0, 0.1) is 5.82 Å². The van der Waals surface area contributed by atoms with E-state index < -0.39 is 23.7 Å². The number of hydrogen-bond acceptors (Lipinski definition) is 3. The van der Waals surface area contributed by atoms with Crippen LogP contribution in [-0.2, 0) is 4.79 Å². The number of carbonyl (C=O) groups is 2. The molecule has 1 aromatic heterocycles. The second-order valence-corrected chi connectivity index (χ2v) is 5.25. The maximum absolute atomic E-state index is 13.7. The third-order valence-corrected chi connectivity index (χ3v) is 3.78. The first kappa shape index (κ1) is 14.5. The average Bonchev–Trinajstić information content (AvgIpc) is 2.92. The lowest BCUT2D eigenvalue weighted by Gasteiger charge is -2.13. The van der Waals surface area contributed by atoms with Crippen molar-refractivity contribution >= 4 is 34.8 Å². The fraction of sp³-hybridized carbons (Fsp3) is 0.0769. The van der Waals surface area contributed by atoms with Crippen molar-refractivity contribution in [3.63, 3.8) is 0 Å². The monoisotopic (exact) mass is 313 g/mol. The second-order valence-electron chi connectivity index (χ2n) is 3.86. The fourth-order valence-electron chi connectivity index (χ4n) is 1.60. The van der Waals surface area contributed by atoms with Crippen LogP contribution in [0.25, 0.3) is 0 Å². The lowest BCUT2D eigenvalue weighted by Crippen LogP contribution is -2.33. The summed E-state index contributed by atoms with van der Waals surface area (Å²) in [6.07, 6.45) is 0. The molecule has 2 rings (SSSR count). The van der Waals surface area contributed by atoms with Gasteiger partial charge in [-0.25, -0.2) is 9.18 Å². The van der Waals surface area contributed by atoms with Crippen molar-refractivity contribution in [2.24, 2.45) is 0 Å². The van der Waals surface area contributed by atoms with Crippen LogP contribution in [0.4, 0.5) is 4.39 Å². The molecule has 0 saturated heterocycles. The van der Waals surface area contributed by atoms with Crippen molar-refractivity contribution in [3.05, 3.63) is 57.0 Å². The van der Waals surface area contributed by atoms with E-state index in [2.05, 4.69) is 5.32 Å². The quantitative estimate of drug-likeness (QED) is 0.911. The van der Waals surface area contributed by atoms with Crippen LogP contribution in [0.1, 0.15) is 21.3 Å². The maximum atomic E-state index is 13.7. The molecule has 20 heavy (non-hydrogen) atoms. The molecular formula is C13H9ClFNO3S. The molecule has 0 aliphatic carbocycles. The molecule has 0 fully saturated rings. The Balaban J connectivity index is 2.25. The van der Waals surface area contributed by atoms with Gasteiger partial charge in [-0.3, -0.25) is 4.79 Å². The number of carboxylic acids is 1. The molecule has 0 saturated carbocycles. The zero-order valence-corrected chi connectivity index (χ0v) is 11.5. The normalized spacial score (nSPS) is 11.9. The van der Waals surface area contributed by atoms with Crippen molar-refractivity contribution in [2.45, 2.75) is 6.04 Å². The van der Waals surface area contributed by atoms with Gasteiger partial charge in [-0.15, -0.1) is 11.3 Å². The molecule has 0 bridgehead atoms. The largest absolute Gasteiger partial charge is 0.479 e. The molecule has 2 aromatic rings. The lowest BCUT2D eigenvalue weighted by atomic mass is 10.1. The molecule has 4 nitrogen and oxygen atoms in total. The summed E-state index contributed by atoms with van der Waals surface area (Å²) in [6, 6.07) is 5.99. The standard InChI is InChI=1S/C13H9ClFNO3S/c14-8-4-1-3-7(10(8)15)12(17)16-11(13(18)19)9-5-2-6-20-9/h1-6,11H,(H,16,17)(H,18,19). The van der Waals surface area contributed by atoms with Crippen LogP contribution in [0.5, 0.6) is 0 Å². The van der Waals surface area contributed by atoms with E-state index in [-0.39, 0.29) is 10.6 Å². The minimum absolute atomic E-state index is 0.194. The Morgan fingerprint density at radius 1 is 1.30 bits per heavy atom. The first-order valence-corrected chi connectivity index (χ1v) is 6.77. The summed E-state index contributed by atoms with van der Waals surface area (Å²) in [7, 11) is 0. The zero-order valence-electron chi connectivity index (χ0n) is 9.97. The van der Waals surface area contributed by atoms with Gasteiger partial charge >= 0.3 is 5.97 Å². The van der Waals surface area contributed by atoms with Crippen LogP contribution >= 0.6 is 22.9 Å². The molecule has 0 spiro atoms.